The molecule has 2 heterocycles. The zero-order valence-electron chi connectivity index (χ0n) is 13.6. The Bertz CT molecular complexity index is 825. The fourth-order valence-corrected chi connectivity index (χ4v) is 2.83. The van der Waals surface area contributed by atoms with Crippen LogP contribution in [0.25, 0.3) is 5.69 Å². The summed E-state index contributed by atoms with van der Waals surface area (Å²) in [6.07, 6.45) is 7.47. The SMILES string of the molecule is CC(NC(=O)C(C)n1cc(Br)cn1)c1cccc(-n2cccc2)c1. The van der Waals surface area contributed by atoms with Gasteiger partial charge in [-0.1, -0.05) is 12.1 Å². The second kappa shape index (κ2) is 7.05. The lowest BCUT2D eigenvalue weighted by atomic mass is 10.1. The summed E-state index contributed by atoms with van der Waals surface area (Å²) in [6, 6.07) is 11.7. The summed E-state index contributed by atoms with van der Waals surface area (Å²) in [5.41, 5.74) is 2.13. The van der Waals surface area contributed by atoms with Crippen molar-refractivity contribution in [2.24, 2.45) is 0 Å². The first-order valence-corrected chi connectivity index (χ1v) is 8.57. The van der Waals surface area contributed by atoms with Crippen LogP contribution in [-0.2, 0) is 4.79 Å². The van der Waals surface area contributed by atoms with E-state index in [0.717, 1.165) is 15.7 Å². The average molecular weight is 387 g/mol. The van der Waals surface area contributed by atoms with E-state index in [1.165, 1.54) is 0 Å². The van der Waals surface area contributed by atoms with Gasteiger partial charge in [0.05, 0.1) is 16.7 Å². The number of rotatable bonds is 5. The molecule has 5 nitrogen and oxygen atoms in total. The first-order valence-electron chi connectivity index (χ1n) is 7.78. The number of carbonyl (C=O) groups excluding carboxylic acids is 1. The van der Waals surface area contributed by atoms with Gasteiger partial charge >= 0.3 is 0 Å². The van der Waals surface area contributed by atoms with Crippen molar-refractivity contribution in [3.05, 3.63) is 71.2 Å². The third-order valence-corrected chi connectivity index (χ3v) is 4.39. The lowest BCUT2D eigenvalue weighted by molar-refractivity contribution is -0.124. The highest BCUT2D eigenvalue weighted by Crippen LogP contribution is 2.18. The molecule has 0 bridgehead atoms. The van der Waals surface area contributed by atoms with Crippen LogP contribution in [0.1, 0.15) is 31.5 Å². The van der Waals surface area contributed by atoms with Crippen molar-refractivity contribution in [1.29, 1.82) is 0 Å². The fourth-order valence-electron chi connectivity index (χ4n) is 2.53. The molecule has 0 aliphatic rings. The molecule has 1 aromatic carbocycles. The Kier molecular flexibility index (Phi) is 4.85. The minimum Gasteiger partial charge on any atom is -0.348 e. The predicted molar refractivity (Wildman–Crippen MR) is 97.0 cm³/mol. The van der Waals surface area contributed by atoms with Crippen molar-refractivity contribution in [1.82, 2.24) is 19.7 Å². The molecule has 124 valence electrons. The maximum Gasteiger partial charge on any atom is 0.245 e. The molecular formula is C18H19BrN4O. The molecule has 2 atom stereocenters. The molecule has 1 amide bonds. The number of halogens is 1. The zero-order valence-corrected chi connectivity index (χ0v) is 15.1. The third kappa shape index (κ3) is 3.59. The quantitative estimate of drug-likeness (QED) is 0.723. The molecule has 0 saturated carbocycles. The van der Waals surface area contributed by atoms with Crippen molar-refractivity contribution < 1.29 is 4.79 Å². The van der Waals surface area contributed by atoms with Crippen molar-refractivity contribution in [2.75, 3.05) is 0 Å². The van der Waals surface area contributed by atoms with Crippen LogP contribution in [0.15, 0.2) is 65.7 Å². The van der Waals surface area contributed by atoms with Gasteiger partial charge < -0.3 is 9.88 Å². The zero-order chi connectivity index (χ0) is 17.1. The van der Waals surface area contributed by atoms with Crippen LogP contribution in [0.2, 0.25) is 0 Å². The van der Waals surface area contributed by atoms with E-state index in [2.05, 4.69) is 32.4 Å². The molecule has 3 rings (SSSR count). The number of carbonyl (C=O) groups is 1. The highest BCUT2D eigenvalue weighted by Gasteiger charge is 2.18. The number of aromatic nitrogens is 3. The van der Waals surface area contributed by atoms with Crippen molar-refractivity contribution in [3.63, 3.8) is 0 Å². The van der Waals surface area contributed by atoms with Crippen molar-refractivity contribution in [2.45, 2.75) is 25.9 Å². The molecule has 2 unspecified atom stereocenters. The lowest BCUT2D eigenvalue weighted by Gasteiger charge is -2.19. The normalized spacial score (nSPS) is 13.5. The van der Waals surface area contributed by atoms with Gasteiger partial charge in [-0.05, 0) is 59.6 Å². The van der Waals surface area contributed by atoms with Crippen LogP contribution >= 0.6 is 15.9 Å². The maximum absolute atomic E-state index is 12.5. The summed E-state index contributed by atoms with van der Waals surface area (Å²) in [4.78, 5) is 12.5. The van der Waals surface area contributed by atoms with E-state index >= 15 is 0 Å². The molecule has 0 spiro atoms. The standard InChI is InChI=1S/C18H19BrN4O/c1-13(21-18(24)14(2)23-12-16(19)11-20-23)15-6-5-7-17(10-15)22-8-3-4-9-22/h3-14H,1-2H3,(H,21,24). The molecule has 1 N–H and O–H groups in total. The molecule has 0 aliphatic carbocycles. The van der Waals surface area contributed by atoms with Crippen LogP contribution in [0, 0.1) is 0 Å². The highest BCUT2D eigenvalue weighted by molar-refractivity contribution is 9.10. The van der Waals surface area contributed by atoms with E-state index in [1.807, 2.05) is 61.1 Å². The van der Waals surface area contributed by atoms with Gasteiger partial charge in [0.1, 0.15) is 6.04 Å². The molecule has 6 heteroatoms. The Morgan fingerprint density at radius 3 is 2.62 bits per heavy atom. The smallest absolute Gasteiger partial charge is 0.245 e. The number of hydrogen-bond donors (Lipinski definition) is 1. The van der Waals surface area contributed by atoms with Gasteiger partial charge in [-0.15, -0.1) is 0 Å². The van der Waals surface area contributed by atoms with Gasteiger partial charge in [0, 0.05) is 24.3 Å². The fraction of sp³-hybridized carbons (Fsp3) is 0.222. The second-order valence-corrected chi connectivity index (χ2v) is 6.65. The molecule has 0 fully saturated rings. The predicted octanol–water partition coefficient (Wildman–Crippen LogP) is 3.87. The molecule has 0 radical (unpaired) electrons. The van der Waals surface area contributed by atoms with Crippen LogP contribution in [0.3, 0.4) is 0 Å². The topological polar surface area (TPSA) is 51.9 Å². The summed E-state index contributed by atoms with van der Waals surface area (Å²) < 4.78 is 4.54. The molecule has 0 aliphatic heterocycles. The number of amides is 1. The molecule has 3 aromatic rings. The van der Waals surface area contributed by atoms with E-state index in [4.69, 9.17) is 0 Å². The Balaban J connectivity index is 1.71. The maximum atomic E-state index is 12.5. The number of hydrogen-bond acceptors (Lipinski definition) is 2. The Morgan fingerprint density at radius 1 is 1.21 bits per heavy atom. The summed E-state index contributed by atoms with van der Waals surface area (Å²) in [7, 11) is 0. The van der Waals surface area contributed by atoms with Crippen LogP contribution in [0.4, 0.5) is 0 Å². The Labute approximate surface area is 149 Å². The van der Waals surface area contributed by atoms with E-state index < -0.39 is 0 Å². The molecular weight excluding hydrogens is 368 g/mol. The van der Waals surface area contributed by atoms with Crippen LogP contribution < -0.4 is 5.32 Å². The summed E-state index contributed by atoms with van der Waals surface area (Å²) in [5, 5.41) is 7.22. The van der Waals surface area contributed by atoms with Crippen molar-refractivity contribution in [3.8, 4) is 5.69 Å². The first-order chi connectivity index (χ1) is 11.5. The van der Waals surface area contributed by atoms with Gasteiger partial charge in [0.15, 0.2) is 0 Å². The number of nitrogens with one attached hydrogen (secondary N) is 1. The third-order valence-electron chi connectivity index (χ3n) is 3.98. The van der Waals surface area contributed by atoms with E-state index in [9.17, 15) is 4.79 Å². The summed E-state index contributed by atoms with van der Waals surface area (Å²) in [5.74, 6) is -0.0653. The Hall–Kier alpha value is -2.34. The monoisotopic (exact) mass is 386 g/mol. The van der Waals surface area contributed by atoms with Crippen LogP contribution in [-0.4, -0.2) is 20.3 Å². The van der Waals surface area contributed by atoms with Crippen molar-refractivity contribution >= 4 is 21.8 Å². The Morgan fingerprint density at radius 2 is 1.96 bits per heavy atom. The van der Waals surface area contributed by atoms with Crippen LogP contribution in [0.5, 0.6) is 0 Å². The van der Waals surface area contributed by atoms with Gasteiger partial charge in [-0.3, -0.25) is 9.48 Å². The van der Waals surface area contributed by atoms with E-state index in [-0.39, 0.29) is 18.0 Å². The average Bonchev–Trinajstić information content (AvgIpc) is 3.25. The van der Waals surface area contributed by atoms with Gasteiger partial charge in [0.2, 0.25) is 5.91 Å². The van der Waals surface area contributed by atoms with Gasteiger partial charge in [-0.25, -0.2) is 0 Å². The first kappa shape index (κ1) is 16.5. The van der Waals surface area contributed by atoms with Gasteiger partial charge in [0.25, 0.3) is 0 Å². The number of nitrogens with zero attached hydrogens (tertiary/aromatic N) is 3. The molecule has 2 aromatic heterocycles. The van der Waals surface area contributed by atoms with E-state index in [1.54, 1.807) is 17.1 Å². The van der Waals surface area contributed by atoms with Gasteiger partial charge in [-0.2, -0.15) is 5.10 Å². The largest absolute Gasteiger partial charge is 0.348 e. The lowest BCUT2D eigenvalue weighted by Crippen LogP contribution is -2.33. The van der Waals surface area contributed by atoms with E-state index in [0.29, 0.717) is 0 Å². The second-order valence-electron chi connectivity index (χ2n) is 5.73. The molecule has 24 heavy (non-hydrogen) atoms. The molecule has 0 saturated heterocycles. The minimum atomic E-state index is -0.369. The number of benzene rings is 1. The summed E-state index contributed by atoms with van der Waals surface area (Å²) >= 11 is 3.35. The highest BCUT2D eigenvalue weighted by atomic mass is 79.9. The summed E-state index contributed by atoms with van der Waals surface area (Å²) in [6.45, 7) is 3.82. The minimum absolute atomic E-state index is 0.0653.